The SMILES string of the molecule is CC(=O)CCCOC(=O)[NH+]1C=CN=C1. The van der Waals surface area contributed by atoms with E-state index in [1.165, 1.54) is 19.5 Å². The number of nitrogens with zero attached hydrogens (tertiary/aromatic N) is 1. The number of hydrogen-bond acceptors (Lipinski definition) is 4. The number of ketones is 1. The maximum atomic E-state index is 11.2. The minimum absolute atomic E-state index is 0.107. The number of nitrogens with one attached hydrogen (secondary N) is 1. The number of carbonyl (C=O) groups excluding carboxylic acids is 2. The Morgan fingerprint density at radius 3 is 2.86 bits per heavy atom. The van der Waals surface area contributed by atoms with E-state index in [1.54, 1.807) is 6.20 Å². The van der Waals surface area contributed by atoms with Gasteiger partial charge in [0.2, 0.25) is 6.34 Å². The van der Waals surface area contributed by atoms with Crippen LogP contribution in [-0.2, 0) is 9.53 Å². The van der Waals surface area contributed by atoms with Crippen molar-refractivity contribution in [2.45, 2.75) is 19.8 Å². The van der Waals surface area contributed by atoms with E-state index >= 15 is 0 Å². The molecule has 76 valence electrons. The summed E-state index contributed by atoms with van der Waals surface area (Å²) >= 11 is 0. The zero-order valence-electron chi connectivity index (χ0n) is 8.03. The van der Waals surface area contributed by atoms with Gasteiger partial charge in [0.05, 0.1) is 12.8 Å². The monoisotopic (exact) mass is 197 g/mol. The molecule has 0 aliphatic carbocycles. The smallest absolute Gasteiger partial charge is 0.419 e. The third-order valence-electron chi connectivity index (χ3n) is 1.70. The molecule has 0 bridgehead atoms. The molecule has 14 heavy (non-hydrogen) atoms. The molecular formula is C9H13N2O3+. The van der Waals surface area contributed by atoms with Gasteiger partial charge in [-0.25, -0.2) is 4.99 Å². The van der Waals surface area contributed by atoms with Gasteiger partial charge in [-0.3, -0.25) is 0 Å². The van der Waals surface area contributed by atoms with Crippen molar-refractivity contribution in [2.75, 3.05) is 6.61 Å². The van der Waals surface area contributed by atoms with Gasteiger partial charge in [-0.1, -0.05) is 0 Å². The lowest BCUT2D eigenvalue weighted by Gasteiger charge is -2.03. The maximum Gasteiger partial charge on any atom is 0.525 e. The first kappa shape index (κ1) is 10.6. The second-order valence-electron chi connectivity index (χ2n) is 2.99. The fraction of sp³-hybridized carbons (Fsp3) is 0.444. The Morgan fingerprint density at radius 1 is 1.50 bits per heavy atom. The minimum atomic E-state index is -0.383. The Hall–Kier alpha value is -1.49. The molecule has 0 fully saturated rings. The van der Waals surface area contributed by atoms with Crippen molar-refractivity contribution in [1.82, 2.24) is 0 Å². The Labute approximate surface area is 82.1 Å². The second-order valence-corrected chi connectivity index (χ2v) is 2.99. The van der Waals surface area contributed by atoms with E-state index in [0.29, 0.717) is 17.7 Å². The van der Waals surface area contributed by atoms with E-state index in [1.807, 2.05) is 0 Å². The normalized spacial score (nSPS) is 18.5. The predicted octanol–water partition coefficient (Wildman–Crippen LogP) is -0.110. The molecule has 0 aromatic carbocycles. The van der Waals surface area contributed by atoms with E-state index in [0.717, 1.165) is 0 Å². The number of aliphatic imine (C=N–C) groups is 1. The molecule has 0 aromatic rings. The summed E-state index contributed by atoms with van der Waals surface area (Å²) in [5.41, 5.74) is 0. The molecule has 0 saturated carbocycles. The van der Waals surface area contributed by atoms with Crippen LogP contribution in [0, 0.1) is 0 Å². The van der Waals surface area contributed by atoms with Crippen LogP contribution in [0.4, 0.5) is 4.79 Å². The number of Topliss-reactive ketones (excluding diaryl/α,β-unsaturated/α-hetero) is 1. The lowest BCUT2D eigenvalue weighted by molar-refractivity contribution is -0.650. The number of carbonyl (C=O) groups is 2. The van der Waals surface area contributed by atoms with Gasteiger partial charge < -0.3 is 9.53 Å². The second kappa shape index (κ2) is 5.29. The summed E-state index contributed by atoms with van der Waals surface area (Å²) in [5.74, 6) is 0.107. The zero-order valence-corrected chi connectivity index (χ0v) is 8.03. The number of amides is 1. The van der Waals surface area contributed by atoms with Gasteiger partial charge in [-0.05, 0) is 13.3 Å². The van der Waals surface area contributed by atoms with Gasteiger partial charge in [0.25, 0.3) is 0 Å². The minimum Gasteiger partial charge on any atom is -0.419 e. The molecular weight excluding hydrogens is 184 g/mol. The Morgan fingerprint density at radius 2 is 2.29 bits per heavy atom. The Balaban J connectivity index is 2.12. The van der Waals surface area contributed by atoms with Crippen molar-refractivity contribution in [2.24, 2.45) is 4.99 Å². The van der Waals surface area contributed by atoms with Crippen molar-refractivity contribution in [1.29, 1.82) is 0 Å². The van der Waals surface area contributed by atoms with Crippen molar-refractivity contribution in [3.63, 3.8) is 0 Å². The van der Waals surface area contributed by atoms with Gasteiger partial charge in [0.15, 0.2) is 0 Å². The molecule has 1 heterocycles. The van der Waals surface area contributed by atoms with Crippen LogP contribution in [0.25, 0.3) is 0 Å². The van der Waals surface area contributed by atoms with E-state index in [4.69, 9.17) is 4.74 Å². The first-order valence-corrected chi connectivity index (χ1v) is 4.43. The van der Waals surface area contributed by atoms with Crippen molar-refractivity contribution >= 4 is 18.2 Å². The molecule has 0 saturated heterocycles. The van der Waals surface area contributed by atoms with E-state index < -0.39 is 0 Å². The third-order valence-corrected chi connectivity index (χ3v) is 1.70. The third kappa shape index (κ3) is 3.49. The highest BCUT2D eigenvalue weighted by Gasteiger charge is 2.18. The van der Waals surface area contributed by atoms with Crippen LogP contribution in [0.15, 0.2) is 17.4 Å². The van der Waals surface area contributed by atoms with Crippen molar-refractivity contribution in [3.05, 3.63) is 12.4 Å². The van der Waals surface area contributed by atoms with E-state index in [-0.39, 0.29) is 18.5 Å². The van der Waals surface area contributed by atoms with Crippen LogP contribution in [0.2, 0.25) is 0 Å². The van der Waals surface area contributed by atoms with E-state index in [2.05, 4.69) is 4.99 Å². The average Bonchev–Trinajstić information content (AvgIpc) is 2.64. The standard InChI is InChI=1S/C9H12N2O3/c1-8(12)3-2-6-14-9(13)11-5-4-10-7-11/h4-5,7H,2-3,6H2,1H3/p+1. The lowest BCUT2D eigenvalue weighted by Crippen LogP contribution is -3.08. The van der Waals surface area contributed by atoms with Gasteiger partial charge in [-0.15, -0.1) is 0 Å². The number of quaternary nitrogens is 1. The molecule has 1 aliphatic heterocycles. The molecule has 1 unspecified atom stereocenters. The summed E-state index contributed by atoms with van der Waals surface area (Å²) in [6.07, 6.45) is 5.22. The molecule has 5 nitrogen and oxygen atoms in total. The molecule has 1 amide bonds. The van der Waals surface area contributed by atoms with Crippen LogP contribution in [0.3, 0.4) is 0 Å². The first-order chi connectivity index (χ1) is 6.70. The van der Waals surface area contributed by atoms with Crippen LogP contribution >= 0.6 is 0 Å². The highest BCUT2D eigenvalue weighted by molar-refractivity contribution is 5.75. The van der Waals surface area contributed by atoms with Gasteiger partial charge in [0, 0.05) is 6.42 Å². The van der Waals surface area contributed by atoms with Gasteiger partial charge in [-0.2, -0.15) is 9.69 Å². The zero-order chi connectivity index (χ0) is 10.4. The summed E-state index contributed by atoms with van der Waals surface area (Å²) < 4.78 is 4.91. The highest BCUT2D eigenvalue weighted by Crippen LogP contribution is 1.90. The quantitative estimate of drug-likeness (QED) is 0.640. The average molecular weight is 197 g/mol. The molecule has 1 N–H and O–H groups in total. The Kier molecular flexibility index (Phi) is 4.00. The molecule has 5 heteroatoms. The fourth-order valence-corrected chi connectivity index (χ4v) is 0.980. The lowest BCUT2D eigenvalue weighted by atomic mass is 10.2. The van der Waals surface area contributed by atoms with Crippen LogP contribution in [0.5, 0.6) is 0 Å². The number of hydrogen-bond donors (Lipinski definition) is 1. The molecule has 1 atom stereocenters. The predicted molar refractivity (Wildman–Crippen MR) is 49.9 cm³/mol. The molecule has 1 aliphatic rings. The largest absolute Gasteiger partial charge is 0.525 e. The van der Waals surface area contributed by atoms with Gasteiger partial charge >= 0.3 is 6.09 Å². The topological polar surface area (TPSA) is 60.2 Å². The fourth-order valence-electron chi connectivity index (χ4n) is 0.980. The van der Waals surface area contributed by atoms with Gasteiger partial charge in [0.1, 0.15) is 12.0 Å². The van der Waals surface area contributed by atoms with Crippen LogP contribution in [0.1, 0.15) is 19.8 Å². The summed E-state index contributed by atoms with van der Waals surface area (Å²) in [6.45, 7) is 1.80. The van der Waals surface area contributed by atoms with E-state index in [9.17, 15) is 9.59 Å². The van der Waals surface area contributed by atoms with Crippen LogP contribution in [-0.4, -0.2) is 24.8 Å². The Bertz CT molecular complexity index is 272. The summed E-state index contributed by atoms with van der Waals surface area (Å²) in [6, 6.07) is 0. The molecule has 0 radical (unpaired) electrons. The first-order valence-electron chi connectivity index (χ1n) is 4.43. The van der Waals surface area contributed by atoms with Crippen molar-refractivity contribution in [3.8, 4) is 0 Å². The number of alkyl carbamates (subject to hydrolysis) is 2. The molecule has 1 rings (SSSR count). The number of ether oxygens (including phenoxy) is 1. The maximum absolute atomic E-state index is 11.2. The molecule has 0 spiro atoms. The highest BCUT2D eigenvalue weighted by atomic mass is 16.6. The summed E-state index contributed by atoms with van der Waals surface area (Å²) in [5, 5.41) is 0. The summed E-state index contributed by atoms with van der Waals surface area (Å²) in [4.78, 5) is 26.0. The summed E-state index contributed by atoms with van der Waals surface area (Å²) in [7, 11) is 0. The van der Waals surface area contributed by atoms with Crippen molar-refractivity contribution < 1.29 is 19.2 Å². The van der Waals surface area contributed by atoms with Crippen LogP contribution < -0.4 is 4.90 Å². The molecule has 0 aromatic heterocycles. The number of rotatable bonds is 4.